The number of aromatic amines is 1. The molecule has 0 radical (unpaired) electrons. The van der Waals surface area contributed by atoms with Crippen molar-refractivity contribution in [1.29, 1.82) is 0 Å². The number of nitrogens with zero attached hydrogens (tertiary/aromatic N) is 3. The van der Waals surface area contributed by atoms with Gasteiger partial charge in [-0.2, -0.15) is 0 Å². The number of hydrogen-bond donors (Lipinski definition) is 3. The highest BCUT2D eigenvalue weighted by Crippen LogP contribution is 2.13. The van der Waals surface area contributed by atoms with Gasteiger partial charge in [-0.3, -0.25) is 4.79 Å². The molecule has 9 heteroatoms. The highest BCUT2D eigenvalue weighted by Gasteiger charge is 2.07. The number of benzene rings is 1. The molecule has 2 aromatic heterocycles. The van der Waals surface area contributed by atoms with Crippen molar-refractivity contribution in [3.63, 3.8) is 0 Å². The number of alkyl halides is 1. The fraction of sp³-hybridized carbons (Fsp3) is 0.200. The van der Waals surface area contributed by atoms with Gasteiger partial charge >= 0.3 is 6.03 Å². The lowest BCUT2D eigenvalue weighted by Crippen LogP contribution is -2.30. The van der Waals surface area contributed by atoms with Crippen LogP contribution in [-0.2, 0) is 6.54 Å². The number of rotatable bonds is 5. The molecule has 0 unspecified atom stereocenters. The Morgan fingerprint density at radius 1 is 1.25 bits per heavy atom. The zero-order chi connectivity index (χ0) is 16.9. The summed E-state index contributed by atoms with van der Waals surface area (Å²) in [6.07, 6.45) is 2.94. The Kier molecular flexibility index (Phi) is 4.76. The topological polar surface area (TPSA) is 105 Å². The Labute approximate surface area is 141 Å². The van der Waals surface area contributed by atoms with Crippen molar-refractivity contribution >= 4 is 34.5 Å². The Morgan fingerprint density at radius 3 is 2.79 bits per heavy atom. The largest absolute Gasteiger partial charge is 0.337 e. The Balaban J connectivity index is 1.71. The van der Waals surface area contributed by atoms with Crippen molar-refractivity contribution in [2.45, 2.75) is 6.54 Å². The maximum absolute atomic E-state index is 11.6. The van der Waals surface area contributed by atoms with Gasteiger partial charge in [0.15, 0.2) is 11.2 Å². The maximum atomic E-state index is 11.6. The van der Waals surface area contributed by atoms with Gasteiger partial charge in [0.25, 0.3) is 5.56 Å². The fourth-order valence-corrected chi connectivity index (χ4v) is 2.33. The number of carbonyl (C=O) groups excluding carboxylic acids is 1. The van der Waals surface area contributed by atoms with Crippen molar-refractivity contribution in [2.24, 2.45) is 0 Å². The Bertz CT molecular complexity index is 902. The molecular weight excluding hydrogens is 332 g/mol. The molecule has 0 aliphatic heterocycles. The monoisotopic (exact) mass is 346 g/mol. The lowest BCUT2D eigenvalue weighted by atomic mass is 10.2. The van der Waals surface area contributed by atoms with Crippen molar-refractivity contribution in [3.05, 3.63) is 52.8 Å². The normalized spacial score (nSPS) is 10.7. The second-order valence-electron chi connectivity index (χ2n) is 5.04. The minimum absolute atomic E-state index is 0.263. The summed E-state index contributed by atoms with van der Waals surface area (Å²) < 4.78 is 1.79. The van der Waals surface area contributed by atoms with Crippen molar-refractivity contribution in [3.8, 4) is 0 Å². The summed E-state index contributed by atoms with van der Waals surface area (Å²) in [5, 5.41) is 5.34. The highest BCUT2D eigenvalue weighted by molar-refractivity contribution is 6.18. The van der Waals surface area contributed by atoms with Gasteiger partial charge in [-0.25, -0.2) is 14.8 Å². The number of aromatic nitrogens is 4. The van der Waals surface area contributed by atoms with E-state index in [0.717, 1.165) is 5.56 Å². The third-order valence-electron chi connectivity index (χ3n) is 3.35. The first-order valence-corrected chi connectivity index (χ1v) is 7.79. The molecule has 3 N–H and O–H groups in total. The predicted octanol–water partition coefficient (Wildman–Crippen LogP) is 1.53. The molecule has 3 rings (SSSR count). The van der Waals surface area contributed by atoms with Crippen LogP contribution >= 0.6 is 11.6 Å². The molecule has 8 nitrogen and oxygen atoms in total. The molecule has 0 bridgehead atoms. The second-order valence-corrected chi connectivity index (χ2v) is 5.42. The van der Waals surface area contributed by atoms with E-state index in [9.17, 15) is 9.59 Å². The van der Waals surface area contributed by atoms with E-state index in [0.29, 0.717) is 35.8 Å². The molecule has 24 heavy (non-hydrogen) atoms. The molecule has 0 fully saturated rings. The van der Waals surface area contributed by atoms with E-state index in [1.165, 1.54) is 6.33 Å². The molecule has 0 aliphatic rings. The summed E-state index contributed by atoms with van der Waals surface area (Å²) in [6.45, 7) is 0.928. The van der Waals surface area contributed by atoms with Crippen LogP contribution in [0.1, 0.15) is 5.56 Å². The van der Waals surface area contributed by atoms with Gasteiger partial charge < -0.3 is 20.2 Å². The van der Waals surface area contributed by atoms with Crippen molar-refractivity contribution in [2.75, 3.05) is 17.7 Å². The number of anilines is 1. The van der Waals surface area contributed by atoms with Gasteiger partial charge in [0.1, 0.15) is 0 Å². The summed E-state index contributed by atoms with van der Waals surface area (Å²) in [4.78, 5) is 33.9. The number of nitrogens with one attached hydrogen (secondary N) is 3. The van der Waals surface area contributed by atoms with Crippen molar-refractivity contribution < 1.29 is 4.79 Å². The van der Waals surface area contributed by atoms with Crippen molar-refractivity contribution in [1.82, 2.24) is 24.8 Å². The van der Waals surface area contributed by atoms with Gasteiger partial charge in [0.05, 0.1) is 19.2 Å². The minimum Gasteiger partial charge on any atom is -0.337 e. The van der Waals surface area contributed by atoms with Crippen LogP contribution in [0.2, 0.25) is 0 Å². The number of H-pyrrole nitrogens is 1. The van der Waals surface area contributed by atoms with E-state index >= 15 is 0 Å². The molecule has 3 aromatic rings. The van der Waals surface area contributed by atoms with E-state index in [4.69, 9.17) is 11.6 Å². The summed E-state index contributed by atoms with van der Waals surface area (Å²) in [5.41, 5.74) is 2.24. The molecule has 0 saturated carbocycles. The summed E-state index contributed by atoms with van der Waals surface area (Å²) in [7, 11) is 0. The Hall–Kier alpha value is -2.87. The van der Waals surface area contributed by atoms with E-state index in [1.54, 1.807) is 23.0 Å². The first-order valence-electron chi connectivity index (χ1n) is 7.25. The van der Waals surface area contributed by atoms with E-state index in [1.807, 2.05) is 12.1 Å². The molecule has 0 spiro atoms. The molecule has 0 atom stereocenters. The molecule has 0 aliphatic carbocycles. The quantitative estimate of drug-likeness (QED) is 0.609. The van der Waals surface area contributed by atoms with Gasteiger partial charge in [0, 0.05) is 18.1 Å². The van der Waals surface area contributed by atoms with Crippen LogP contribution in [0.4, 0.5) is 10.5 Å². The first-order chi connectivity index (χ1) is 11.7. The fourth-order valence-electron chi connectivity index (χ4n) is 2.23. The van der Waals surface area contributed by atoms with Crippen LogP contribution in [0.25, 0.3) is 11.2 Å². The number of carbonyl (C=O) groups is 1. The van der Waals surface area contributed by atoms with Crippen LogP contribution < -0.4 is 16.2 Å². The SMILES string of the molecule is O=C(NCCCl)Nc1ccc(Cn2cnc3c(=O)[nH]cnc32)cc1. The lowest BCUT2D eigenvalue weighted by molar-refractivity contribution is 0.252. The molecular formula is C15H15ClN6O2. The van der Waals surface area contributed by atoms with Gasteiger partial charge in [-0.05, 0) is 17.7 Å². The Morgan fingerprint density at radius 2 is 2.04 bits per heavy atom. The zero-order valence-electron chi connectivity index (χ0n) is 12.6. The minimum atomic E-state index is -0.299. The molecule has 1 aromatic carbocycles. The smallest absolute Gasteiger partial charge is 0.319 e. The summed E-state index contributed by atoms with van der Waals surface area (Å²) in [6, 6.07) is 7.07. The van der Waals surface area contributed by atoms with E-state index in [2.05, 4.69) is 25.6 Å². The number of halogens is 1. The number of amides is 2. The summed E-state index contributed by atoms with van der Waals surface area (Å²) >= 11 is 5.51. The third kappa shape index (κ3) is 3.54. The molecule has 0 saturated heterocycles. The van der Waals surface area contributed by atoms with Crippen LogP contribution in [-0.4, -0.2) is 38.0 Å². The standard InChI is InChI=1S/C15H15ClN6O2/c16-5-6-17-15(24)21-11-3-1-10(2-4-11)7-22-9-20-12-13(22)18-8-19-14(12)23/h1-4,8-9H,5-7H2,(H2,17,21,24)(H,18,19,23). The van der Waals surface area contributed by atoms with Gasteiger partial charge in [0.2, 0.25) is 0 Å². The maximum Gasteiger partial charge on any atom is 0.319 e. The average molecular weight is 347 g/mol. The highest BCUT2D eigenvalue weighted by atomic mass is 35.5. The van der Waals surface area contributed by atoms with Crippen LogP contribution in [0.3, 0.4) is 0 Å². The van der Waals surface area contributed by atoms with Crippen LogP contribution in [0.5, 0.6) is 0 Å². The van der Waals surface area contributed by atoms with Crippen LogP contribution in [0, 0.1) is 0 Å². The number of hydrogen-bond acceptors (Lipinski definition) is 4. The second kappa shape index (κ2) is 7.14. The number of urea groups is 1. The first kappa shape index (κ1) is 16.0. The average Bonchev–Trinajstić information content (AvgIpc) is 2.99. The summed E-state index contributed by atoms with van der Waals surface area (Å²) in [5.74, 6) is 0.363. The van der Waals surface area contributed by atoms with Gasteiger partial charge in [-0.1, -0.05) is 12.1 Å². The van der Waals surface area contributed by atoms with E-state index < -0.39 is 0 Å². The lowest BCUT2D eigenvalue weighted by Gasteiger charge is -2.08. The van der Waals surface area contributed by atoms with Gasteiger partial charge in [-0.15, -0.1) is 11.6 Å². The van der Waals surface area contributed by atoms with Crippen LogP contribution in [0.15, 0.2) is 41.7 Å². The predicted molar refractivity (Wildman–Crippen MR) is 91.4 cm³/mol. The molecule has 124 valence electrons. The third-order valence-corrected chi connectivity index (χ3v) is 3.54. The van der Waals surface area contributed by atoms with E-state index in [-0.39, 0.29) is 11.6 Å². The molecule has 2 heterocycles. The number of imidazole rings is 1. The zero-order valence-corrected chi connectivity index (χ0v) is 13.4. The molecule has 2 amide bonds. The number of fused-ring (bicyclic) bond motifs is 1.